The molecule has 0 unspecified atom stereocenters. The van der Waals surface area contributed by atoms with Gasteiger partial charge in [0.2, 0.25) is 0 Å². The molecular weight excluding hydrogens is 236 g/mol. The largest absolute Gasteiger partial charge is 0.469 e. The molecule has 0 saturated carbocycles. The van der Waals surface area contributed by atoms with Gasteiger partial charge in [-0.25, -0.2) is 0 Å². The molecule has 0 aliphatic heterocycles. The topological polar surface area (TPSA) is 69.7 Å². The number of Topliss-reactive ketones (excluding diaryl/α,β-unsaturated/α-hetero) is 1. The number of carbonyl (C=O) groups is 3. The summed E-state index contributed by atoms with van der Waals surface area (Å²) in [4.78, 5) is 33.7. The fourth-order valence-corrected chi connectivity index (χ4v) is 1.39. The fourth-order valence-electron chi connectivity index (χ4n) is 1.39. The molecule has 0 aliphatic carbocycles. The number of carbonyl (C=O) groups excluding carboxylic acids is 3. The minimum absolute atomic E-state index is 0.00371. The molecule has 0 atom stereocenters. The fraction of sp³-hybridized carbons (Fsp3) is 0.308. The highest BCUT2D eigenvalue weighted by Gasteiger charge is 2.14. The standard InChI is InChI=1S/C13H14O5/c1-9(14)18-12-6-4-3-5-10(12)11(15)7-8-13(16)17-2/h3-6H,7-8H2,1-2H3. The summed E-state index contributed by atoms with van der Waals surface area (Å²) in [6, 6.07) is 6.42. The Balaban J connectivity index is 2.78. The molecule has 18 heavy (non-hydrogen) atoms. The van der Waals surface area contributed by atoms with Gasteiger partial charge in [-0.15, -0.1) is 0 Å². The van der Waals surface area contributed by atoms with Crippen molar-refractivity contribution in [2.75, 3.05) is 7.11 Å². The first-order valence-corrected chi connectivity index (χ1v) is 5.42. The van der Waals surface area contributed by atoms with Gasteiger partial charge in [0.05, 0.1) is 19.1 Å². The van der Waals surface area contributed by atoms with E-state index in [4.69, 9.17) is 4.74 Å². The third kappa shape index (κ3) is 4.01. The van der Waals surface area contributed by atoms with E-state index in [2.05, 4.69) is 4.74 Å². The van der Waals surface area contributed by atoms with Crippen molar-refractivity contribution in [3.8, 4) is 5.75 Å². The predicted molar refractivity (Wildman–Crippen MR) is 63.3 cm³/mol. The highest BCUT2D eigenvalue weighted by atomic mass is 16.5. The van der Waals surface area contributed by atoms with Gasteiger partial charge in [-0.3, -0.25) is 14.4 Å². The maximum absolute atomic E-state index is 11.9. The summed E-state index contributed by atoms with van der Waals surface area (Å²) >= 11 is 0. The molecule has 5 heteroatoms. The number of hydrogen-bond donors (Lipinski definition) is 0. The van der Waals surface area contributed by atoms with Crippen molar-refractivity contribution in [2.24, 2.45) is 0 Å². The van der Waals surface area contributed by atoms with Crippen LogP contribution in [0.15, 0.2) is 24.3 Å². The van der Waals surface area contributed by atoms with Gasteiger partial charge in [0, 0.05) is 13.3 Å². The van der Waals surface area contributed by atoms with Crippen molar-refractivity contribution < 1.29 is 23.9 Å². The van der Waals surface area contributed by atoms with Crippen molar-refractivity contribution in [3.05, 3.63) is 29.8 Å². The molecule has 0 radical (unpaired) electrons. The van der Waals surface area contributed by atoms with E-state index in [0.717, 1.165) is 0 Å². The summed E-state index contributed by atoms with van der Waals surface area (Å²) in [5.74, 6) is -1.01. The number of benzene rings is 1. The third-order valence-corrected chi connectivity index (χ3v) is 2.23. The van der Waals surface area contributed by atoms with Gasteiger partial charge in [0.1, 0.15) is 5.75 Å². The highest BCUT2D eigenvalue weighted by Crippen LogP contribution is 2.20. The van der Waals surface area contributed by atoms with Gasteiger partial charge < -0.3 is 9.47 Å². The smallest absolute Gasteiger partial charge is 0.308 e. The lowest BCUT2D eigenvalue weighted by Gasteiger charge is -2.07. The van der Waals surface area contributed by atoms with E-state index in [1.54, 1.807) is 18.2 Å². The molecule has 0 saturated heterocycles. The second-order valence-corrected chi connectivity index (χ2v) is 3.59. The van der Waals surface area contributed by atoms with Gasteiger partial charge in [-0.2, -0.15) is 0 Å². The Bertz CT molecular complexity index is 464. The van der Waals surface area contributed by atoms with Crippen LogP contribution in [0.25, 0.3) is 0 Å². The van der Waals surface area contributed by atoms with Crippen LogP contribution < -0.4 is 4.74 Å². The summed E-state index contributed by atoms with van der Waals surface area (Å²) in [6.07, 6.45) is 0.0225. The van der Waals surface area contributed by atoms with Gasteiger partial charge in [0.15, 0.2) is 5.78 Å². The molecule has 0 amide bonds. The normalized spacial score (nSPS) is 9.67. The Labute approximate surface area is 105 Å². The Morgan fingerprint density at radius 3 is 2.39 bits per heavy atom. The molecule has 0 N–H and O–H groups in total. The number of hydrogen-bond acceptors (Lipinski definition) is 5. The lowest BCUT2D eigenvalue weighted by molar-refractivity contribution is -0.140. The first-order valence-electron chi connectivity index (χ1n) is 5.42. The van der Waals surface area contributed by atoms with Gasteiger partial charge >= 0.3 is 11.9 Å². The van der Waals surface area contributed by atoms with Crippen LogP contribution in [-0.4, -0.2) is 24.8 Å². The quantitative estimate of drug-likeness (QED) is 0.452. The Hall–Kier alpha value is -2.17. The van der Waals surface area contributed by atoms with E-state index in [0.29, 0.717) is 0 Å². The number of ketones is 1. The molecule has 1 aromatic carbocycles. The van der Waals surface area contributed by atoms with Crippen LogP contribution in [0.1, 0.15) is 30.1 Å². The number of para-hydroxylation sites is 1. The van der Waals surface area contributed by atoms with Crippen molar-refractivity contribution in [3.63, 3.8) is 0 Å². The van der Waals surface area contributed by atoms with E-state index in [9.17, 15) is 14.4 Å². The average molecular weight is 250 g/mol. The Kier molecular flexibility index (Phi) is 5.05. The van der Waals surface area contributed by atoms with Crippen molar-refractivity contribution in [1.82, 2.24) is 0 Å². The van der Waals surface area contributed by atoms with Gasteiger partial charge in [0.25, 0.3) is 0 Å². The van der Waals surface area contributed by atoms with Crippen molar-refractivity contribution >= 4 is 17.7 Å². The second-order valence-electron chi connectivity index (χ2n) is 3.59. The minimum atomic E-state index is -0.497. The first kappa shape index (κ1) is 13.9. The lowest BCUT2D eigenvalue weighted by atomic mass is 10.1. The average Bonchev–Trinajstić information content (AvgIpc) is 2.35. The van der Waals surface area contributed by atoms with E-state index in [1.165, 1.54) is 20.1 Å². The lowest BCUT2D eigenvalue weighted by Crippen LogP contribution is -2.09. The Morgan fingerprint density at radius 1 is 1.11 bits per heavy atom. The molecule has 0 bridgehead atoms. The summed E-state index contributed by atoms with van der Waals surface area (Å²) in [5.41, 5.74) is 0.289. The van der Waals surface area contributed by atoms with Crippen molar-refractivity contribution in [1.29, 1.82) is 0 Å². The minimum Gasteiger partial charge on any atom is -0.469 e. The zero-order valence-electron chi connectivity index (χ0n) is 10.3. The van der Waals surface area contributed by atoms with Gasteiger partial charge in [-0.1, -0.05) is 12.1 Å². The molecule has 0 spiro atoms. The predicted octanol–water partition coefficient (Wildman–Crippen LogP) is 1.75. The first-order chi connectivity index (χ1) is 8.54. The van der Waals surface area contributed by atoms with Crippen LogP contribution in [0.5, 0.6) is 5.75 Å². The number of ether oxygens (including phenoxy) is 2. The molecule has 5 nitrogen and oxygen atoms in total. The highest BCUT2D eigenvalue weighted by molar-refractivity contribution is 6.00. The summed E-state index contributed by atoms with van der Waals surface area (Å²) in [7, 11) is 1.26. The van der Waals surface area contributed by atoms with Crippen LogP contribution in [0.4, 0.5) is 0 Å². The van der Waals surface area contributed by atoms with Crippen LogP contribution in [0.3, 0.4) is 0 Å². The molecule has 96 valence electrons. The number of methoxy groups -OCH3 is 1. The van der Waals surface area contributed by atoms with Crippen LogP contribution >= 0.6 is 0 Å². The van der Waals surface area contributed by atoms with Crippen LogP contribution in [0.2, 0.25) is 0 Å². The molecule has 0 aromatic heterocycles. The Morgan fingerprint density at radius 2 is 1.78 bits per heavy atom. The molecule has 0 fully saturated rings. The summed E-state index contributed by atoms with van der Waals surface area (Å²) < 4.78 is 9.38. The second kappa shape index (κ2) is 6.54. The van der Waals surface area contributed by atoms with Crippen LogP contribution in [-0.2, 0) is 14.3 Å². The zero-order valence-corrected chi connectivity index (χ0v) is 10.3. The molecule has 0 heterocycles. The SMILES string of the molecule is COC(=O)CCC(=O)c1ccccc1OC(C)=O. The monoisotopic (exact) mass is 250 g/mol. The molecular formula is C13H14O5. The molecule has 0 aliphatic rings. The maximum Gasteiger partial charge on any atom is 0.308 e. The maximum atomic E-state index is 11.9. The number of rotatable bonds is 5. The molecule has 1 aromatic rings. The third-order valence-electron chi connectivity index (χ3n) is 2.23. The summed E-state index contributed by atoms with van der Waals surface area (Å²) in [6.45, 7) is 1.26. The number of esters is 2. The van der Waals surface area contributed by atoms with Gasteiger partial charge in [-0.05, 0) is 12.1 Å². The van der Waals surface area contributed by atoms with E-state index >= 15 is 0 Å². The van der Waals surface area contributed by atoms with Crippen molar-refractivity contribution in [2.45, 2.75) is 19.8 Å². The van der Waals surface area contributed by atoms with Crippen LogP contribution in [0, 0.1) is 0 Å². The zero-order chi connectivity index (χ0) is 13.5. The van der Waals surface area contributed by atoms with E-state index < -0.39 is 11.9 Å². The summed E-state index contributed by atoms with van der Waals surface area (Å²) in [5, 5.41) is 0. The van der Waals surface area contributed by atoms with E-state index in [-0.39, 0.29) is 29.9 Å². The van der Waals surface area contributed by atoms with E-state index in [1.807, 2.05) is 0 Å². The molecule has 1 rings (SSSR count).